The first kappa shape index (κ1) is 20.6. The van der Waals surface area contributed by atoms with E-state index in [9.17, 15) is 9.59 Å². The van der Waals surface area contributed by atoms with Crippen molar-refractivity contribution in [2.24, 2.45) is 0 Å². The summed E-state index contributed by atoms with van der Waals surface area (Å²) in [7, 11) is 0. The van der Waals surface area contributed by atoms with E-state index < -0.39 is 0 Å². The average Bonchev–Trinajstić information content (AvgIpc) is 2.79. The predicted octanol–water partition coefficient (Wildman–Crippen LogP) is 4.56. The van der Waals surface area contributed by atoms with E-state index in [4.69, 9.17) is 17.0 Å². The van der Waals surface area contributed by atoms with Gasteiger partial charge in [0.1, 0.15) is 11.5 Å². The molecule has 1 heterocycles. The topological polar surface area (TPSA) is 76.1 Å². The predicted molar refractivity (Wildman–Crippen MR) is 123 cm³/mol. The molecule has 1 amide bonds. The van der Waals surface area contributed by atoms with Gasteiger partial charge in [-0.05, 0) is 42.5 Å². The fourth-order valence-corrected chi connectivity index (χ4v) is 3.55. The molecule has 1 aromatic heterocycles. The number of carbonyl (C=O) groups excluding carboxylic acids is 1. The minimum Gasteiger partial charge on any atom is -0.457 e. The molecule has 0 radical (unpaired) electrons. The number of amides is 1. The van der Waals surface area contributed by atoms with E-state index in [1.807, 2.05) is 60.7 Å². The number of hydrogen-bond acceptors (Lipinski definition) is 4. The van der Waals surface area contributed by atoms with Crippen LogP contribution in [-0.4, -0.2) is 15.5 Å². The van der Waals surface area contributed by atoms with Crippen LogP contribution in [0.3, 0.4) is 0 Å². The zero-order chi connectivity index (χ0) is 21.6. The zero-order valence-corrected chi connectivity index (χ0v) is 17.5. The lowest BCUT2D eigenvalue weighted by molar-refractivity contribution is -0.121. The van der Waals surface area contributed by atoms with Gasteiger partial charge < -0.3 is 15.0 Å². The lowest BCUT2D eigenvalue weighted by Crippen LogP contribution is -2.28. The summed E-state index contributed by atoms with van der Waals surface area (Å²) in [5, 5.41) is 3.44. The smallest absolute Gasteiger partial charge is 0.262 e. The molecule has 31 heavy (non-hydrogen) atoms. The molecule has 7 heteroatoms. The van der Waals surface area contributed by atoms with Crippen LogP contribution in [0.15, 0.2) is 83.7 Å². The second-order valence-corrected chi connectivity index (χ2v) is 7.37. The van der Waals surface area contributed by atoms with Crippen LogP contribution in [-0.2, 0) is 17.9 Å². The lowest BCUT2D eigenvalue weighted by atomic mass is 10.2. The molecule has 6 nitrogen and oxygen atoms in total. The van der Waals surface area contributed by atoms with Gasteiger partial charge in [-0.2, -0.15) is 0 Å². The first-order chi connectivity index (χ1) is 15.1. The van der Waals surface area contributed by atoms with Gasteiger partial charge in [0.25, 0.3) is 5.56 Å². The van der Waals surface area contributed by atoms with Crippen molar-refractivity contribution in [3.8, 4) is 11.5 Å². The molecule has 0 saturated heterocycles. The molecule has 0 spiro atoms. The molecule has 0 aliphatic rings. The summed E-state index contributed by atoms with van der Waals surface area (Å²) in [6, 6.07) is 24.2. The van der Waals surface area contributed by atoms with Crippen molar-refractivity contribution in [1.82, 2.24) is 14.9 Å². The van der Waals surface area contributed by atoms with Crippen LogP contribution >= 0.6 is 12.2 Å². The maximum atomic E-state index is 12.7. The molecule has 0 aliphatic heterocycles. The molecule has 4 aromatic rings. The van der Waals surface area contributed by atoms with E-state index in [1.54, 1.807) is 18.2 Å². The highest BCUT2D eigenvalue weighted by molar-refractivity contribution is 7.71. The summed E-state index contributed by atoms with van der Waals surface area (Å²) in [4.78, 5) is 28.2. The molecule has 2 N–H and O–H groups in total. The minimum absolute atomic E-state index is 0.136. The molecule has 156 valence electrons. The van der Waals surface area contributed by atoms with E-state index in [2.05, 4.69) is 10.3 Å². The van der Waals surface area contributed by atoms with E-state index in [0.29, 0.717) is 28.0 Å². The van der Waals surface area contributed by atoms with E-state index in [1.165, 1.54) is 4.57 Å². The van der Waals surface area contributed by atoms with E-state index in [-0.39, 0.29) is 24.4 Å². The van der Waals surface area contributed by atoms with Gasteiger partial charge in [-0.1, -0.05) is 48.5 Å². The Bertz CT molecular complexity index is 1330. The number of H-pyrrole nitrogens is 1. The number of nitrogens with one attached hydrogen (secondary N) is 2. The molecule has 0 saturated carbocycles. The van der Waals surface area contributed by atoms with Crippen molar-refractivity contribution < 1.29 is 9.53 Å². The van der Waals surface area contributed by atoms with E-state index >= 15 is 0 Å². The van der Waals surface area contributed by atoms with Gasteiger partial charge in [0.15, 0.2) is 4.77 Å². The fourth-order valence-electron chi connectivity index (χ4n) is 3.26. The third kappa shape index (κ3) is 4.90. The van der Waals surface area contributed by atoms with Gasteiger partial charge >= 0.3 is 0 Å². The van der Waals surface area contributed by atoms with Crippen LogP contribution in [0.1, 0.15) is 12.0 Å². The average molecular weight is 432 g/mol. The van der Waals surface area contributed by atoms with Crippen molar-refractivity contribution in [2.45, 2.75) is 19.5 Å². The monoisotopic (exact) mass is 431 g/mol. The van der Waals surface area contributed by atoms with E-state index in [0.717, 1.165) is 11.3 Å². The van der Waals surface area contributed by atoms with Gasteiger partial charge in [0.05, 0.1) is 10.9 Å². The Labute approximate surface area is 184 Å². The molecule has 0 fully saturated rings. The Morgan fingerprint density at radius 2 is 1.68 bits per heavy atom. The SMILES string of the molecule is O=C(CCn1c(=S)[nH]c2ccccc2c1=O)NCc1ccccc1Oc1ccccc1. The quantitative estimate of drug-likeness (QED) is 0.421. The third-order valence-electron chi connectivity index (χ3n) is 4.87. The van der Waals surface area contributed by atoms with Crippen molar-refractivity contribution in [2.75, 3.05) is 0 Å². The van der Waals surface area contributed by atoms with Gasteiger partial charge in [-0.25, -0.2) is 0 Å². The number of rotatable bonds is 7. The molecule has 0 aliphatic carbocycles. The molecular weight excluding hydrogens is 410 g/mol. The first-order valence-electron chi connectivity index (χ1n) is 9.91. The maximum absolute atomic E-state index is 12.7. The minimum atomic E-state index is -0.200. The van der Waals surface area contributed by atoms with Gasteiger partial charge in [-0.3, -0.25) is 14.2 Å². The largest absolute Gasteiger partial charge is 0.457 e. The summed E-state index contributed by atoms with van der Waals surface area (Å²) >= 11 is 5.30. The van der Waals surface area contributed by atoms with Crippen molar-refractivity contribution in [3.63, 3.8) is 0 Å². The normalized spacial score (nSPS) is 10.7. The molecular formula is C24H21N3O3S. The number of aromatic amines is 1. The first-order valence-corrected chi connectivity index (χ1v) is 10.3. The van der Waals surface area contributed by atoms with Crippen molar-refractivity contribution in [3.05, 3.63) is 99.6 Å². The Balaban J connectivity index is 1.40. The number of nitrogens with zero attached hydrogens (tertiary/aromatic N) is 1. The molecule has 0 atom stereocenters. The van der Waals surface area contributed by atoms with Crippen LogP contribution in [0.4, 0.5) is 0 Å². The highest BCUT2D eigenvalue weighted by Gasteiger charge is 2.10. The second kappa shape index (κ2) is 9.40. The number of carbonyl (C=O) groups is 1. The summed E-state index contributed by atoms with van der Waals surface area (Å²) < 4.78 is 7.65. The van der Waals surface area contributed by atoms with Crippen LogP contribution in [0.25, 0.3) is 10.9 Å². The van der Waals surface area contributed by atoms with Gasteiger partial charge in [-0.15, -0.1) is 0 Å². The summed E-state index contributed by atoms with van der Waals surface area (Å²) in [5.41, 5.74) is 1.35. The van der Waals surface area contributed by atoms with Crippen LogP contribution in [0.2, 0.25) is 0 Å². The second-order valence-electron chi connectivity index (χ2n) is 6.98. The van der Waals surface area contributed by atoms with Crippen LogP contribution in [0, 0.1) is 4.77 Å². The fraction of sp³-hybridized carbons (Fsp3) is 0.125. The Hall–Kier alpha value is -3.71. The number of para-hydroxylation sites is 3. The standard InChI is InChI=1S/C24H21N3O3S/c28-22(14-15-27-23(29)19-11-5-6-12-20(19)26-24(27)31)25-16-17-8-4-7-13-21(17)30-18-9-2-1-3-10-18/h1-13H,14-16H2,(H,25,28)(H,26,31). The molecule has 4 rings (SSSR count). The number of fused-ring (bicyclic) bond motifs is 1. The summed E-state index contributed by atoms with van der Waals surface area (Å²) in [6.45, 7) is 0.522. The van der Waals surface area contributed by atoms with Crippen LogP contribution < -0.4 is 15.6 Å². The number of ether oxygens (including phenoxy) is 1. The highest BCUT2D eigenvalue weighted by atomic mass is 32.1. The van der Waals surface area contributed by atoms with Gasteiger partial charge in [0, 0.05) is 25.1 Å². The number of benzene rings is 3. The van der Waals surface area contributed by atoms with Crippen molar-refractivity contribution in [1.29, 1.82) is 0 Å². The molecule has 3 aromatic carbocycles. The Kier molecular flexibility index (Phi) is 6.24. The molecule has 0 bridgehead atoms. The van der Waals surface area contributed by atoms with Crippen molar-refractivity contribution >= 4 is 29.0 Å². The summed E-state index contributed by atoms with van der Waals surface area (Å²) in [6.07, 6.45) is 0.136. The zero-order valence-electron chi connectivity index (χ0n) is 16.7. The van der Waals surface area contributed by atoms with Gasteiger partial charge in [0.2, 0.25) is 5.91 Å². The number of aromatic nitrogens is 2. The Morgan fingerprint density at radius 3 is 2.52 bits per heavy atom. The maximum Gasteiger partial charge on any atom is 0.262 e. The summed E-state index contributed by atoms with van der Waals surface area (Å²) in [5.74, 6) is 1.23. The highest BCUT2D eigenvalue weighted by Crippen LogP contribution is 2.24. The number of hydrogen-bond donors (Lipinski definition) is 2. The third-order valence-corrected chi connectivity index (χ3v) is 5.19. The molecule has 0 unspecified atom stereocenters. The Morgan fingerprint density at radius 1 is 0.968 bits per heavy atom. The lowest BCUT2D eigenvalue weighted by Gasteiger charge is -2.12. The van der Waals surface area contributed by atoms with Crippen LogP contribution in [0.5, 0.6) is 11.5 Å².